The van der Waals surface area contributed by atoms with Crippen molar-refractivity contribution in [3.05, 3.63) is 11.6 Å². The molecule has 0 amide bonds. The van der Waals surface area contributed by atoms with E-state index in [0.717, 1.165) is 25.7 Å². The molecule has 3 saturated carbocycles. The summed E-state index contributed by atoms with van der Waals surface area (Å²) in [6.07, 6.45) is 9.43. The molecule has 26 heavy (non-hydrogen) atoms. The van der Waals surface area contributed by atoms with E-state index in [2.05, 4.69) is 13.8 Å². The molecule has 0 N–H and O–H groups in total. The van der Waals surface area contributed by atoms with Crippen LogP contribution in [0.5, 0.6) is 0 Å². The zero-order valence-electron chi connectivity index (χ0n) is 16.8. The van der Waals surface area contributed by atoms with Crippen LogP contribution in [0.1, 0.15) is 72.6 Å². The molecule has 0 radical (unpaired) electrons. The highest BCUT2D eigenvalue weighted by Crippen LogP contribution is 2.67. The standard InChI is InChI=1S/C23H34O3/c1-5-26-20-13-19-17-7-6-15-12-16(25)8-10-22(15,3)18(17)9-11-23(19,4)21(20)14(2)24/h12,17-21H,5-11,13H2,1-4H3/t17-,18+,19+,20?,21+,22+,23+/m1/s1. The first-order valence-corrected chi connectivity index (χ1v) is 10.7. The number of Topliss-reactive ketones (excluding diaryl/α,β-unsaturated/α-hetero) is 1. The van der Waals surface area contributed by atoms with Gasteiger partial charge in [0.1, 0.15) is 5.78 Å². The lowest BCUT2D eigenvalue weighted by Gasteiger charge is -2.57. The van der Waals surface area contributed by atoms with Gasteiger partial charge in [-0.25, -0.2) is 0 Å². The number of ether oxygens (including phenoxy) is 1. The molecule has 0 aromatic heterocycles. The monoisotopic (exact) mass is 358 g/mol. The molecule has 0 saturated heterocycles. The Kier molecular flexibility index (Phi) is 4.45. The van der Waals surface area contributed by atoms with Crippen molar-refractivity contribution in [2.24, 2.45) is 34.5 Å². The summed E-state index contributed by atoms with van der Waals surface area (Å²) in [6.45, 7) is 9.30. The Labute approximate surface area is 157 Å². The van der Waals surface area contributed by atoms with Crippen LogP contribution in [0.3, 0.4) is 0 Å². The molecule has 0 aromatic carbocycles. The molecule has 3 fully saturated rings. The van der Waals surface area contributed by atoms with E-state index in [4.69, 9.17) is 4.74 Å². The van der Waals surface area contributed by atoms with Crippen LogP contribution in [-0.2, 0) is 14.3 Å². The zero-order chi connectivity index (χ0) is 18.7. The number of rotatable bonds is 3. The Bertz CT molecular complexity index is 650. The highest BCUT2D eigenvalue weighted by molar-refractivity contribution is 5.91. The first-order valence-electron chi connectivity index (χ1n) is 10.7. The number of carbonyl (C=O) groups excluding carboxylic acids is 2. The first-order chi connectivity index (χ1) is 12.3. The number of fused-ring (bicyclic) bond motifs is 5. The van der Waals surface area contributed by atoms with Gasteiger partial charge in [0.25, 0.3) is 0 Å². The van der Waals surface area contributed by atoms with Crippen molar-refractivity contribution >= 4 is 11.6 Å². The summed E-state index contributed by atoms with van der Waals surface area (Å²) in [5.41, 5.74) is 1.71. The summed E-state index contributed by atoms with van der Waals surface area (Å²) >= 11 is 0. The lowest BCUT2D eigenvalue weighted by atomic mass is 9.46. The summed E-state index contributed by atoms with van der Waals surface area (Å²) in [4.78, 5) is 24.5. The van der Waals surface area contributed by atoms with Crippen molar-refractivity contribution in [2.45, 2.75) is 78.7 Å². The molecule has 0 bridgehead atoms. The molecule has 7 atom stereocenters. The average molecular weight is 359 g/mol. The molecule has 0 spiro atoms. The van der Waals surface area contributed by atoms with Crippen molar-refractivity contribution in [1.29, 1.82) is 0 Å². The fourth-order valence-electron chi connectivity index (χ4n) is 7.65. The van der Waals surface area contributed by atoms with Gasteiger partial charge in [-0.15, -0.1) is 0 Å². The second-order valence-corrected chi connectivity index (χ2v) is 9.83. The maximum absolute atomic E-state index is 12.6. The highest BCUT2D eigenvalue weighted by atomic mass is 16.5. The number of hydrogen-bond acceptors (Lipinski definition) is 3. The molecule has 144 valence electrons. The topological polar surface area (TPSA) is 43.4 Å². The summed E-state index contributed by atoms with van der Waals surface area (Å²) in [7, 11) is 0. The minimum absolute atomic E-state index is 0.0612. The maximum atomic E-state index is 12.6. The molecule has 3 nitrogen and oxygen atoms in total. The quantitative estimate of drug-likeness (QED) is 0.732. The third-order valence-electron chi connectivity index (χ3n) is 8.79. The van der Waals surface area contributed by atoms with Gasteiger partial charge in [-0.3, -0.25) is 9.59 Å². The van der Waals surface area contributed by atoms with E-state index in [1.54, 1.807) is 6.92 Å². The Morgan fingerprint density at radius 2 is 1.96 bits per heavy atom. The zero-order valence-corrected chi connectivity index (χ0v) is 16.8. The van der Waals surface area contributed by atoms with Gasteiger partial charge in [-0.05, 0) is 87.0 Å². The fourth-order valence-corrected chi connectivity index (χ4v) is 7.65. The van der Waals surface area contributed by atoms with E-state index < -0.39 is 0 Å². The first kappa shape index (κ1) is 18.4. The van der Waals surface area contributed by atoms with Gasteiger partial charge in [-0.2, -0.15) is 0 Å². The van der Waals surface area contributed by atoms with Gasteiger partial charge in [0.2, 0.25) is 0 Å². The van der Waals surface area contributed by atoms with Gasteiger partial charge in [0.15, 0.2) is 5.78 Å². The van der Waals surface area contributed by atoms with Crippen LogP contribution in [0, 0.1) is 34.5 Å². The van der Waals surface area contributed by atoms with Crippen LogP contribution in [-0.4, -0.2) is 24.3 Å². The predicted molar refractivity (Wildman–Crippen MR) is 102 cm³/mol. The Balaban J connectivity index is 1.67. The highest BCUT2D eigenvalue weighted by Gasteiger charge is 2.62. The van der Waals surface area contributed by atoms with E-state index in [1.165, 1.54) is 18.4 Å². The molecule has 1 unspecified atom stereocenters. The third-order valence-corrected chi connectivity index (χ3v) is 8.79. The Morgan fingerprint density at radius 1 is 1.19 bits per heavy atom. The van der Waals surface area contributed by atoms with Crippen LogP contribution < -0.4 is 0 Å². The summed E-state index contributed by atoms with van der Waals surface area (Å²) in [5.74, 6) is 2.63. The van der Waals surface area contributed by atoms with Gasteiger partial charge in [0.05, 0.1) is 6.10 Å². The largest absolute Gasteiger partial charge is 0.378 e. The fraction of sp³-hybridized carbons (Fsp3) is 0.826. The molecule has 4 aliphatic carbocycles. The van der Waals surface area contributed by atoms with E-state index in [1.807, 2.05) is 13.0 Å². The van der Waals surface area contributed by atoms with Crippen molar-refractivity contribution in [3.8, 4) is 0 Å². The SMILES string of the molecule is CCOC1C[C@H]2[C@@H]3CCC4=CC(=O)CC[C@]4(C)[C@H]3CC[C@]2(C)[C@H]1C(C)=O. The Hall–Kier alpha value is -0.960. The second-order valence-electron chi connectivity index (χ2n) is 9.83. The lowest BCUT2D eigenvalue weighted by molar-refractivity contribution is -0.133. The van der Waals surface area contributed by atoms with E-state index in [0.29, 0.717) is 42.3 Å². The van der Waals surface area contributed by atoms with Gasteiger partial charge in [0, 0.05) is 18.9 Å². The predicted octanol–water partition coefficient (Wildman–Crippen LogP) is 4.74. The van der Waals surface area contributed by atoms with Crippen LogP contribution in [0.2, 0.25) is 0 Å². The second kappa shape index (κ2) is 6.29. The van der Waals surface area contributed by atoms with Crippen LogP contribution >= 0.6 is 0 Å². The van der Waals surface area contributed by atoms with E-state index >= 15 is 0 Å². The number of carbonyl (C=O) groups is 2. The van der Waals surface area contributed by atoms with Crippen LogP contribution in [0.25, 0.3) is 0 Å². The molecule has 4 aliphatic rings. The molecule has 0 aromatic rings. The van der Waals surface area contributed by atoms with E-state index in [9.17, 15) is 9.59 Å². The van der Waals surface area contributed by atoms with Crippen molar-refractivity contribution in [2.75, 3.05) is 6.61 Å². The molecule has 4 rings (SSSR count). The van der Waals surface area contributed by atoms with Crippen molar-refractivity contribution in [3.63, 3.8) is 0 Å². The molecule has 3 heteroatoms. The lowest BCUT2D eigenvalue weighted by Crippen LogP contribution is -2.51. The molecule has 0 heterocycles. The average Bonchev–Trinajstić information content (AvgIpc) is 2.88. The van der Waals surface area contributed by atoms with Crippen LogP contribution in [0.4, 0.5) is 0 Å². The smallest absolute Gasteiger partial charge is 0.155 e. The summed E-state index contributed by atoms with van der Waals surface area (Å²) < 4.78 is 6.08. The van der Waals surface area contributed by atoms with Gasteiger partial charge in [-0.1, -0.05) is 19.4 Å². The van der Waals surface area contributed by atoms with Gasteiger partial charge >= 0.3 is 0 Å². The normalized spacial score (nSPS) is 47.6. The third kappa shape index (κ3) is 2.49. The summed E-state index contributed by atoms with van der Waals surface area (Å²) in [6, 6.07) is 0. The minimum Gasteiger partial charge on any atom is -0.378 e. The number of ketones is 2. The molecular formula is C23H34O3. The van der Waals surface area contributed by atoms with Gasteiger partial charge < -0.3 is 4.74 Å². The minimum atomic E-state index is 0.0612. The molecule has 0 aliphatic heterocycles. The van der Waals surface area contributed by atoms with E-state index in [-0.39, 0.29) is 22.9 Å². The number of hydrogen-bond donors (Lipinski definition) is 0. The summed E-state index contributed by atoms with van der Waals surface area (Å²) in [5, 5.41) is 0. The molecular weight excluding hydrogens is 324 g/mol. The van der Waals surface area contributed by atoms with Crippen LogP contribution in [0.15, 0.2) is 11.6 Å². The number of allylic oxidation sites excluding steroid dienone is 1. The van der Waals surface area contributed by atoms with Crippen molar-refractivity contribution < 1.29 is 14.3 Å². The van der Waals surface area contributed by atoms with Crippen molar-refractivity contribution in [1.82, 2.24) is 0 Å². The Morgan fingerprint density at radius 3 is 2.65 bits per heavy atom. The maximum Gasteiger partial charge on any atom is 0.155 e.